The number of carbonyl (C=O) groups excluding carboxylic acids is 1. The average molecular weight is 416 g/mol. The predicted octanol–water partition coefficient (Wildman–Crippen LogP) is 2.68. The van der Waals surface area contributed by atoms with Crippen LogP contribution in [0.5, 0.6) is 0 Å². The van der Waals surface area contributed by atoms with Crippen molar-refractivity contribution in [3.05, 3.63) is 57.8 Å². The first-order chi connectivity index (χ1) is 14.0. The van der Waals surface area contributed by atoms with Crippen molar-refractivity contribution < 1.29 is 4.79 Å². The zero-order valence-corrected chi connectivity index (χ0v) is 18.8. The van der Waals surface area contributed by atoms with E-state index in [-0.39, 0.29) is 5.91 Å². The maximum atomic E-state index is 12.3. The van der Waals surface area contributed by atoms with Gasteiger partial charge in [-0.3, -0.25) is 4.79 Å². The summed E-state index contributed by atoms with van der Waals surface area (Å²) in [5.41, 5.74) is 1.69. The monoisotopic (exact) mass is 415 g/mol. The Bertz CT molecular complexity index is 773. The number of benzene rings is 1. The Morgan fingerprint density at radius 1 is 1.10 bits per heavy atom. The fourth-order valence-corrected chi connectivity index (χ4v) is 3.48. The van der Waals surface area contributed by atoms with Crippen LogP contribution in [0.3, 0.4) is 0 Å². The van der Waals surface area contributed by atoms with Gasteiger partial charge in [0.2, 0.25) is 0 Å². The highest BCUT2D eigenvalue weighted by molar-refractivity contribution is 7.09. The lowest BCUT2D eigenvalue weighted by molar-refractivity contribution is 0.0951. The molecule has 0 aliphatic carbocycles. The molecule has 0 bridgehead atoms. The maximum Gasteiger partial charge on any atom is 0.251 e. The van der Waals surface area contributed by atoms with Crippen molar-refractivity contribution in [1.82, 2.24) is 20.4 Å². The highest BCUT2D eigenvalue weighted by Gasteiger charge is 2.08. The number of nitrogens with zero attached hydrogens (tertiary/aromatic N) is 3. The quantitative estimate of drug-likeness (QED) is 0.463. The Balaban J connectivity index is 1.96. The molecule has 0 saturated carbocycles. The van der Waals surface area contributed by atoms with Crippen LogP contribution < -0.4 is 10.6 Å². The molecule has 0 saturated heterocycles. The number of guanidine groups is 1. The highest BCUT2D eigenvalue weighted by Crippen LogP contribution is 2.10. The molecule has 2 aromatic rings. The van der Waals surface area contributed by atoms with E-state index in [1.54, 1.807) is 11.3 Å². The molecular weight excluding hydrogens is 382 g/mol. The zero-order valence-electron chi connectivity index (χ0n) is 17.9. The van der Waals surface area contributed by atoms with Gasteiger partial charge in [-0.2, -0.15) is 0 Å². The van der Waals surface area contributed by atoms with E-state index in [2.05, 4.69) is 47.0 Å². The van der Waals surface area contributed by atoms with Crippen LogP contribution in [0.2, 0.25) is 0 Å². The van der Waals surface area contributed by atoms with Crippen LogP contribution in [0.4, 0.5) is 0 Å². The summed E-state index contributed by atoms with van der Waals surface area (Å²) in [7, 11) is 6.04. The molecule has 7 heteroatoms. The summed E-state index contributed by atoms with van der Waals surface area (Å²) in [6.45, 7) is 5.77. The van der Waals surface area contributed by atoms with E-state index in [0.29, 0.717) is 18.7 Å². The first-order valence-corrected chi connectivity index (χ1v) is 10.9. The molecule has 0 atom stereocenters. The van der Waals surface area contributed by atoms with Crippen molar-refractivity contribution in [1.29, 1.82) is 0 Å². The SMILES string of the molecule is CCNC(=NCc1cccc(C(=O)NCCN(C)C)c1)N(C)CCc1cccs1. The van der Waals surface area contributed by atoms with E-state index >= 15 is 0 Å². The third-order valence-electron chi connectivity index (χ3n) is 4.42. The minimum Gasteiger partial charge on any atom is -0.357 e. The smallest absolute Gasteiger partial charge is 0.251 e. The number of carbonyl (C=O) groups is 1. The van der Waals surface area contributed by atoms with Gasteiger partial charge in [-0.1, -0.05) is 18.2 Å². The molecule has 0 fully saturated rings. The van der Waals surface area contributed by atoms with Gasteiger partial charge >= 0.3 is 0 Å². The number of nitrogens with one attached hydrogen (secondary N) is 2. The highest BCUT2D eigenvalue weighted by atomic mass is 32.1. The van der Waals surface area contributed by atoms with Gasteiger partial charge in [-0.25, -0.2) is 4.99 Å². The van der Waals surface area contributed by atoms with E-state index in [9.17, 15) is 4.79 Å². The number of amides is 1. The van der Waals surface area contributed by atoms with Crippen molar-refractivity contribution in [2.75, 3.05) is 47.3 Å². The lowest BCUT2D eigenvalue weighted by Crippen LogP contribution is -2.39. The summed E-state index contributed by atoms with van der Waals surface area (Å²) in [5.74, 6) is 0.836. The van der Waals surface area contributed by atoms with Crippen LogP contribution in [0.25, 0.3) is 0 Å². The molecular formula is C22H33N5OS. The van der Waals surface area contributed by atoms with Crippen molar-refractivity contribution >= 4 is 23.2 Å². The van der Waals surface area contributed by atoms with Crippen LogP contribution in [-0.4, -0.2) is 69.0 Å². The van der Waals surface area contributed by atoms with Gasteiger partial charge in [0.15, 0.2) is 5.96 Å². The van der Waals surface area contributed by atoms with Gasteiger partial charge in [-0.15, -0.1) is 11.3 Å². The molecule has 0 spiro atoms. The van der Waals surface area contributed by atoms with E-state index in [1.165, 1.54) is 4.88 Å². The fourth-order valence-electron chi connectivity index (χ4n) is 2.78. The largest absolute Gasteiger partial charge is 0.357 e. The Morgan fingerprint density at radius 2 is 1.93 bits per heavy atom. The summed E-state index contributed by atoms with van der Waals surface area (Å²) in [5, 5.41) is 8.42. The molecule has 6 nitrogen and oxygen atoms in total. The molecule has 1 heterocycles. The molecule has 2 N–H and O–H groups in total. The topological polar surface area (TPSA) is 60.0 Å². The van der Waals surface area contributed by atoms with Crippen LogP contribution in [-0.2, 0) is 13.0 Å². The number of aliphatic imine (C=N–C) groups is 1. The number of hydrogen-bond acceptors (Lipinski definition) is 4. The van der Waals surface area contributed by atoms with Crippen LogP contribution >= 0.6 is 11.3 Å². The van der Waals surface area contributed by atoms with Crippen molar-refractivity contribution in [2.45, 2.75) is 19.9 Å². The fraction of sp³-hybridized carbons (Fsp3) is 0.455. The Kier molecular flexibility index (Phi) is 9.67. The second-order valence-electron chi connectivity index (χ2n) is 7.18. The second-order valence-corrected chi connectivity index (χ2v) is 8.21. The molecule has 0 unspecified atom stereocenters. The first kappa shape index (κ1) is 22.9. The van der Waals surface area contributed by atoms with Crippen LogP contribution in [0, 0.1) is 0 Å². The molecule has 2 rings (SSSR count). The second kappa shape index (κ2) is 12.2. The standard InChI is InChI=1S/C22H33N5OS/c1-5-23-22(27(4)13-11-20-10-7-15-29-20)25-17-18-8-6-9-19(16-18)21(28)24-12-14-26(2)3/h6-10,15-16H,5,11-14,17H2,1-4H3,(H,23,25)(H,24,28). The normalized spacial score (nSPS) is 11.6. The molecule has 1 aromatic heterocycles. The summed E-state index contributed by atoms with van der Waals surface area (Å²) < 4.78 is 0. The minimum absolute atomic E-state index is 0.0438. The third kappa shape index (κ3) is 8.25. The van der Waals surface area contributed by atoms with Crippen molar-refractivity contribution in [3.8, 4) is 0 Å². The molecule has 158 valence electrons. The molecule has 0 aliphatic rings. The van der Waals surface area contributed by atoms with E-state index in [1.807, 2.05) is 43.3 Å². The van der Waals surface area contributed by atoms with Gasteiger partial charge in [0.05, 0.1) is 6.54 Å². The summed E-state index contributed by atoms with van der Waals surface area (Å²) in [4.78, 5) is 22.7. The Morgan fingerprint density at radius 3 is 2.62 bits per heavy atom. The number of thiophene rings is 1. The van der Waals surface area contributed by atoms with E-state index in [0.717, 1.165) is 37.6 Å². The van der Waals surface area contributed by atoms with Crippen LogP contribution in [0.15, 0.2) is 46.8 Å². The lowest BCUT2D eigenvalue weighted by atomic mass is 10.1. The summed E-state index contributed by atoms with van der Waals surface area (Å²) in [6.07, 6.45) is 1.00. The van der Waals surface area contributed by atoms with E-state index in [4.69, 9.17) is 4.99 Å². The van der Waals surface area contributed by atoms with Crippen molar-refractivity contribution in [3.63, 3.8) is 0 Å². The number of hydrogen-bond donors (Lipinski definition) is 2. The third-order valence-corrected chi connectivity index (χ3v) is 5.35. The number of likely N-dealkylation sites (N-methyl/N-ethyl adjacent to an activating group) is 2. The zero-order chi connectivity index (χ0) is 21.1. The molecule has 0 aliphatic heterocycles. The average Bonchev–Trinajstić information content (AvgIpc) is 3.23. The minimum atomic E-state index is -0.0438. The van der Waals surface area contributed by atoms with Gasteiger partial charge in [0.25, 0.3) is 5.91 Å². The molecule has 29 heavy (non-hydrogen) atoms. The summed E-state index contributed by atoms with van der Waals surface area (Å²) >= 11 is 1.78. The lowest BCUT2D eigenvalue weighted by Gasteiger charge is -2.21. The molecule has 1 aromatic carbocycles. The van der Waals surface area contributed by atoms with Gasteiger partial charge in [0.1, 0.15) is 0 Å². The number of rotatable bonds is 10. The molecule has 0 radical (unpaired) electrons. The van der Waals surface area contributed by atoms with Gasteiger partial charge < -0.3 is 20.4 Å². The molecule has 1 amide bonds. The van der Waals surface area contributed by atoms with E-state index < -0.39 is 0 Å². The first-order valence-electron chi connectivity index (χ1n) is 10.0. The van der Waals surface area contributed by atoms with Crippen molar-refractivity contribution in [2.24, 2.45) is 4.99 Å². The van der Waals surface area contributed by atoms with Gasteiger partial charge in [0, 0.05) is 43.7 Å². The summed E-state index contributed by atoms with van der Waals surface area (Å²) in [6, 6.07) is 11.9. The van der Waals surface area contributed by atoms with Crippen LogP contribution in [0.1, 0.15) is 27.7 Å². The Labute approximate surface area is 178 Å². The maximum absolute atomic E-state index is 12.3. The van der Waals surface area contributed by atoms with Gasteiger partial charge in [-0.05, 0) is 56.6 Å². The Hall–Kier alpha value is -2.38. The predicted molar refractivity (Wildman–Crippen MR) is 123 cm³/mol.